The molecule has 0 bridgehead atoms. The second-order valence-electron chi connectivity index (χ2n) is 9.29. The summed E-state index contributed by atoms with van der Waals surface area (Å²) in [5.41, 5.74) is 2.31. The van der Waals surface area contributed by atoms with E-state index in [-0.39, 0.29) is 27.1 Å². The van der Waals surface area contributed by atoms with Crippen LogP contribution in [0.5, 0.6) is 0 Å². The van der Waals surface area contributed by atoms with Crippen molar-refractivity contribution in [2.24, 2.45) is 5.92 Å². The van der Waals surface area contributed by atoms with Gasteiger partial charge in [-0.15, -0.1) is 0 Å². The number of aryl methyl sites for hydroxylation is 1. The minimum absolute atomic E-state index is 0. The molecule has 0 spiro atoms. The maximum Gasteiger partial charge on any atom is 2.00 e. The Morgan fingerprint density at radius 3 is 1.92 bits per heavy atom. The van der Waals surface area contributed by atoms with Gasteiger partial charge in [0.05, 0.1) is 4.90 Å². The third-order valence-electron chi connectivity index (χ3n) is 6.86. The van der Waals surface area contributed by atoms with E-state index in [1.807, 2.05) is 19.1 Å². The summed E-state index contributed by atoms with van der Waals surface area (Å²) in [5, 5.41) is 0. The van der Waals surface area contributed by atoms with Gasteiger partial charge in [0.2, 0.25) is 10.0 Å². The summed E-state index contributed by atoms with van der Waals surface area (Å²) in [4.78, 5) is 0.392. The third-order valence-corrected chi connectivity index (χ3v) is 8.61. The first-order valence-corrected chi connectivity index (χ1v) is 14.3. The van der Waals surface area contributed by atoms with E-state index in [0.29, 0.717) is 10.8 Å². The summed E-state index contributed by atoms with van der Waals surface area (Å²) >= 11 is 0. The Bertz CT molecular complexity index is 896. The Hall–Kier alpha value is -1.38. The van der Waals surface area contributed by atoms with E-state index >= 15 is 0 Å². The summed E-state index contributed by atoms with van der Waals surface area (Å²) in [6.45, 7) is 17.7. The summed E-state index contributed by atoms with van der Waals surface area (Å²) in [5.74, 6) is 0.385. The monoisotopic (exact) mass is 698 g/mol. The smallest absolute Gasteiger partial charge is 2.00 e. The molecule has 4 rings (SSSR count). The Kier molecular flexibility index (Phi) is 23.1. The molecule has 2 atom stereocenters. The van der Waals surface area contributed by atoms with Crippen molar-refractivity contribution < 1.29 is 43.4 Å². The molecule has 0 radical (unpaired) electrons. The van der Waals surface area contributed by atoms with E-state index in [0.717, 1.165) is 31.2 Å². The van der Waals surface area contributed by atoms with Crippen LogP contribution >= 0.6 is 0 Å². The fourth-order valence-corrected chi connectivity index (χ4v) is 6.59. The van der Waals surface area contributed by atoms with Gasteiger partial charge in [0.15, 0.2) is 0 Å². The van der Waals surface area contributed by atoms with Gasteiger partial charge in [-0.1, -0.05) is 102 Å². The normalized spacial score (nSPS) is 19.2. The zero-order chi connectivity index (χ0) is 27.4. The van der Waals surface area contributed by atoms with Crippen LogP contribution in [0.25, 0.3) is 0 Å². The number of nitrogens with zero attached hydrogens (tertiary/aromatic N) is 1. The Balaban J connectivity index is 0. The Labute approximate surface area is 239 Å². The molecule has 0 amide bonds. The maximum absolute atomic E-state index is 13.2. The molecular formula is C29H40NO5SW+. The molecule has 0 aromatic heterocycles. The van der Waals surface area contributed by atoms with E-state index in [2.05, 4.69) is 33.1 Å². The average molecular weight is 699 g/mol. The number of sulfonamides is 1. The van der Waals surface area contributed by atoms with Crippen LogP contribution in [-0.4, -0.2) is 18.8 Å². The van der Waals surface area contributed by atoms with Crippen molar-refractivity contribution in [2.75, 3.05) is 0 Å². The van der Waals surface area contributed by atoms with Crippen molar-refractivity contribution >= 4 is 10.0 Å². The third kappa shape index (κ3) is 12.3. The predicted molar refractivity (Wildman–Crippen MR) is 136 cm³/mol. The largest absolute Gasteiger partial charge is 2.00 e. The molecule has 2 aliphatic carbocycles. The van der Waals surface area contributed by atoms with Crippen molar-refractivity contribution in [1.82, 2.24) is 4.31 Å². The van der Waals surface area contributed by atoms with Crippen LogP contribution in [0.4, 0.5) is 0 Å². The van der Waals surface area contributed by atoms with Crippen molar-refractivity contribution in [3.63, 3.8) is 0 Å². The molecule has 2 saturated carbocycles. The number of fused-ring (bicyclic) bond motifs is 1. The van der Waals surface area contributed by atoms with Gasteiger partial charge in [-0.3, -0.25) is 0 Å². The molecule has 1 aromatic carbocycles. The Morgan fingerprint density at radius 2 is 1.41 bits per heavy atom. The van der Waals surface area contributed by atoms with Gasteiger partial charge in [-0.2, -0.15) is 0 Å². The quantitative estimate of drug-likeness (QED) is 0.173. The molecule has 1 aliphatic heterocycles. The zero-order valence-electron chi connectivity index (χ0n) is 22.2. The second-order valence-corrected chi connectivity index (χ2v) is 11.1. The minimum Gasteiger partial charge on any atom is 2.00 e. The van der Waals surface area contributed by atoms with Crippen LogP contribution < -0.4 is 0 Å². The number of hydrogen-bond acceptors (Lipinski definition) is 2. The molecule has 0 saturated heterocycles. The van der Waals surface area contributed by atoms with Crippen LogP contribution in [-0.2, 0) is 45.0 Å². The zero-order valence-corrected chi connectivity index (χ0v) is 25.9. The first-order chi connectivity index (χ1) is 17.5. The minimum atomic E-state index is -3.50. The number of unbranched alkanes of at least 4 members (excludes halogenated alkanes) is 3. The molecular weight excluding hydrogens is 658 g/mol. The molecule has 1 heterocycles. The number of hydrogen-bond donors (Lipinski definition) is 0. The van der Waals surface area contributed by atoms with Gasteiger partial charge in [0.1, 0.15) is 0 Å². The molecule has 37 heavy (non-hydrogen) atoms. The van der Waals surface area contributed by atoms with Crippen LogP contribution in [0.15, 0.2) is 34.7 Å². The first-order valence-electron chi connectivity index (χ1n) is 12.9. The molecule has 8 heteroatoms. The molecule has 0 N–H and O–H groups in total. The van der Waals surface area contributed by atoms with Crippen LogP contribution in [0, 0.1) is 39.0 Å². The van der Waals surface area contributed by atoms with E-state index in [1.165, 1.54) is 69.8 Å². The van der Waals surface area contributed by atoms with Crippen molar-refractivity contribution in [2.45, 2.75) is 115 Å². The molecule has 1 aromatic rings. The predicted octanol–water partition coefficient (Wildman–Crippen LogP) is 7.05. The fraction of sp³-hybridized carbons (Fsp3) is 0.621. The molecule has 0 unspecified atom stereocenters. The summed E-state index contributed by atoms with van der Waals surface area (Å²) in [6, 6.07) is 7.28. The molecule has 202 valence electrons. The van der Waals surface area contributed by atoms with Gasteiger partial charge >= 0.3 is 55.0 Å². The number of rotatable bonds is 7. The Morgan fingerprint density at radius 1 is 0.865 bits per heavy atom. The van der Waals surface area contributed by atoms with Gasteiger partial charge in [-0.05, 0) is 37.8 Å². The second kappa shape index (κ2) is 22.6. The van der Waals surface area contributed by atoms with Crippen molar-refractivity contribution in [3.8, 4) is 0 Å². The first kappa shape index (κ1) is 37.8. The van der Waals surface area contributed by atoms with Gasteiger partial charge in [0.25, 0.3) is 0 Å². The van der Waals surface area contributed by atoms with Crippen LogP contribution in [0.2, 0.25) is 0 Å². The van der Waals surface area contributed by atoms with E-state index < -0.39 is 10.0 Å². The van der Waals surface area contributed by atoms with Gasteiger partial charge in [-0.25, -0.2) is 14.0 Å². The molecule has 6 nitrogen and oxygen atoms in total. The van der Waals surface area contributed by atoms with Gasteiger partial charge < -0.3 is 10.5 Å². The summed E-state index contributed by atoms with van der Waals surface area (Å²) < 4.78 is 50.6. The fourth-order valence-electron chi connectivity index (χ4n) is 5.04. The van der Waals surface area contributed by atoms with E-state index in [9.17, 15) is 8.42 Å². The molecule has 3 aliphatic rings. The summed E-state index contributed by atoms with van der Waals surface area (Å²) in [6.07, 6.45) is 21.0. The number of benzene rings is 1. The van der Waals surface area contributed by atoms with E-state index in [1.54, 1.807) is 16.4 Å². The SMILES string of the molecule is C1CCCC1.CCCCCC[C@H]1[C@H]2CCCCC2=[C-]N1S(=O)(=O)c1ccc(C)cc1.[C-]#[O+].[C-]#[O+].[C-]#[O+].[W+2]. The average Bonchev–Trinajstić information content (AvgIpc) is 3.63. The van der Waals surface area contributed by atoms with E-state index in [4.69, 9.17) is 14.0 Å². The standard InChI is InChI=1S/C21H30NO2S.C5H10.3CO.W/c1-3-4-5-6-11-21-20-10-8-7-9-18(20)16-22(21)25(23,24)19-14-12-17(2)13-15-19;1-2-4-5-3-1;3*1-2;/h12-15,20-21H,3-11H2,1-2H3;1-5H2;;;;/q-1;;;;;+2/t20-,21-;;;;;/m0...../s1. The topological polar surface area (TPSA) is 97.1 Å². The van der Waals surface area contributed by atoms with Crippen LogP contribution in [0.3, 0.4) is 0 Å². The van der Waals surface area contributed by atoms with Gasteiger partial charge in [0, 0.05) is 6.04 Å². The summed E-state index contributed by atoms with van der Waals surface area (Å²) in [7, 11) is -3.50. The van der Waals surface area contributed by atoms with Crippen LogP contribution in [0.1, 0.15) is 102 Å². The van der Waals surface area contributed by atoms with Crippen molar-refractivity contribution in [1.29, 1.82) is 0 Å². The maximum atomic E-state index is 13.2. The van der Waals surface area contributed by atoms with Crippen molar-refractivity contribution in [3.05, 3.63) is 61.6 Å². The molecule has 2 fully saturated rings.